The summed E-state index contributed by atoms with van der Waals surface area (Å²) in [6.07, 6.45) is 1.14. The van der Waals surface area contributed by atoms with Gasteiger partial charge in [-0.25, -0.2) is 4.79 Å². The highest BCUT2D eigenvalue weighted by atomic mass is 79.9. The first-order valence-electron chi connectivity index (χ1n) is 6.09. The van der Waals surface area contributed by atoms with Gasteiger partial charge in [-0.1, -0.05) is 15.9 Å². The van der Waals surface area contributed by atoms with E-state index in [9.17, 15) is 14.8 Å². The lowest BCUT2D eigenvalue weighted by molar-refractivity contribution is -0.135. The minimum atomic E-state index is -0.843. The number of nitrogens with zero attached hydrogens (tertiary/aromatic N) is 1. The van der Waals surface area contributed by atoms with Crippen LogP contribution in [0.2, 0.25) is 0 Å². The van der Waals surface area contributed by atoms with Gasteiger partial charge in [-0.05, 0) is 26.0 Å². The molecule has 0 N–H and O–H groups in total. The molecule has 2 rings (SSSR count). The molecule has 0 radical (unpaired) electrons. The van der Waals surface area contributed by atoms with E-state index in [1.54, 1.807) is 26.0 Å². The van der Waals surface area contributed by atoms with E-state index in [4.69, 9.17) is 0 Å². The second-order valence-corrected chi connectivity index (χ2v) is 5.51. The first kappa shape index (κ1) is 14.9. The minimum Gasteiger partial charge on any atom is -0.622 e. The molecule has 106 valence electrons. The Kier molecular flexibility index (Phi) is 3.82. The monoisotopic (exact) mass is 339 g/mol. The molecule has 1 heterocycles. The fourth-order valence-corrected chi connectivity index (χ4v) is 2.96. The normalized spacial score (nSPS) is 21.2. The fourth-order valence-electron chi connectivity index (χ4n) is 2.39. The van der Waals surface area contributed by atoms with Crippen LogP contribution in [-0.2, 0) is 9.53 Å². The van der Waals surface area contributed by atoms with Crippen LogP contribution in [0.15, 0.2) is 28.4 Å². The maximum atomic E-state index is 12.9. The largest absolute Gasteiger partial charge is 0.622 e. The van der Waals surface area contributed by atoms with Crippen molar-refractivity contribution in [3.63, 3.8) is 0 Å². The molecule has 0 spiro atoms. The van der Waals surface area contributed by atoms with Crippen LogP contribution in [-0.4, -0.2) is 25.4 Å². The van der Waals surface area contributed by atoms with E-state index >= 15 is 0 Å². The second kappa shape index (κ2) is 5.12. The molecular formula is C14H14BrNO4. The van der Waals surface area contributed by atoms with Gasteiger partial charge < -0.3 is 14.6 Å². The number of rotatable bonds is 2. The third-order valence-electron chi connectivity index (χ3n) is 3.35. The predicted octanol–water partition coefficient (Wildman–Crippen LogP) is 2.84. The maximum Gasteiger partial charge on any atom is 0.347 e. The molecule has 0 bridgehead atoms. The Labute approximate surface area is 125 Å². The summed E-state index contributed by atoms with van der Waals surface area (Å²) in [5, 5.41) is 12.9. The Morgan fingerprint density at radius 2 is 2.10 bits per heavy atom. The average Bonchev–Trinajstić information content (AvgIpc) is 2.41. The smallest absolute Gasteiger partial charge is 0.347 e. The SMILES string of the molecule is CC[N+]1([O-])C=C(C(=O)OC)C(=O)c2cc(Br)cc(C)c21. The number of carbonyl (C=O) groups excluding carboxylic acids is 2. The molecule has 1 aliphatic rings. The van der Waals surface area contributed by atoms with E-state index in [0.29, 0.717) is 15.7 Å². The number of Topliss-reactive ketones (excluding diaryl/α,β-unsaturated/α-hetero) is 1. The molecule has 1 aromatic rings. The van der Waals surface area contributed by atoms with Crippen LogP contribution in [0.5, 0.6) is 0 Å². The Bertz CT molecular complexity index is 638. The lowest BCUT2D eigenvalue weighted by Crippen LogP contribution is -2.43. The Morgan fingerprint density at radius 1 is 1.45 bits per heavy atom. The van der Waals surface area contributed by atoms with E-state index in [0.717, 1.165) is 6.20 Å². The third kappa shape index (κ3) is 2.19. The van der Waals surface area contributed by atoms with E-state index in [1.165, 1.54) is 7.11 Å². The molecule has 6 heteroatoms. The van der Waals surface area contributed by atoms with Gasteiger partial charge in [-0.15, -0.1) is 0 Å². The average molecular weight is 340 g/mol. The van der Waals surface area contributed by atoms with Gasteiger partial charge >= 0.3 is 5.97 Å². The van der Waals surface area contributed by atoms with Crippen LogP contribution < -0.4 is 4.65 Å². The molecule has 1 atom stereocenters. The number of esters is 1. The molecule has 0 aliphatic carbocycles. The van der Waals surface area contributed by atoms with Crippen LogP contribution >= 0.6 is 15.9 Å². The number of fused-ring (bicyclic) bond motifs is 1. The summed E-state index contributed by atoms with van der Waals surface area (Å²) in [6.45, 7) is 3.66. The Morgan fingerprint density at radius 3 is 2.65 bits per heavy atom. The van der Waals surface area contributed by atoms with Crippen molar-refractivity contribution >= 4 is 33.4 Å². The number of halogens is 1. The summed E-state index contributed by atoms with van der Waals surface area (Å²) in [5.41, 5.74) is 1.12. The lowest BCUT2D eigenvalue weighted by Gasteiger charge is -2.42. The topological polar surface area (TPSA) is 66.4 Å². The molecule has 5 nitrogen and oxygen atoms in total. The Balaban J connectivity index is 2.75. The van der Waals surface area contributed by atoms with Gasteiger partial charge in [0, 0.05) is 10.0 Å². The molecule has 1 unspecified atom stereocenters. The van der Waals surface area contributed by atoms with Crippen molar-refractivity contribution in [2.24, 2.45) is 0 Å². The molecule has 1 aliphatic heterocycles. The van der Waals surface area contributed by atoms with Gasteiger partial charge in [0.1, 0.15) is 6.20 Å². The zero-order chi connectivity index (χ0) is 15.1. The number of benzene rings is 1. The lowest BCUT2D eigenvalue weighted by atomic mass is 9.95. The van der Waals surface area contributed by atoms with E-state index in [-0.39, 0.29) is 17.7 Å². The molecule has 0 aromatic heterocycles. The number of aryl methyl sites for hydroxylation is 1. The highest BCUT2D eigenvalue weighted by Crippen LogP contribution is 2.39. The first-order valence-corrected chi connectivity index (χ1v) is 6.88. The van der Waals surface area contributed by atoms with Gasteiger partial charge in [-0.2, -0.15) is 0 Å². The van der Waals surface area contributed by atoms with Crippen LogP contribution in [0.3, 0.4) is 0 Å². The molecule has 0 saturated heterocycles. The van der Waals surface area contributed by atoms with Gasteiger partial charge in [-0.3, -0.25) is 4.79 Å². The molecule has 1 aromatic carbocycles. The number of ketones is 1. The van der Waals surface area contributed by atoms with Crippen molar-refractivity contribution in [1.29, 1.82) is 0 Å². The fraction of sp³-hybridized carbons (Fsp3) is 0.286. The van der Waals surface area contributed by atoms with E-state index < -0.39 is 16.4 Å². The van der Waals surface area contributed by atoms with Gasteiger partial charge in [0.05, 0.1) is 19.2 Å². The summed E-state index contributed by atoms with van der Waals surface area (Å²) in [6, 6.07) is 3.35. The van der Waals surface area contributed by atoms with Crippen LogP contribution in [0, 0.1) is 12.1 Å². The standard InChI is InChI=1S/C14H14BrNO4/c1-4-16(19)7-11(14(18)20-3)13(17)10-6-9(15)5-8(2)12(10)16/h5-7H,4H2,1-3H3. The van der Waals surface area contributed by atoms with Gasteiger partial charge in [0.25, 0.3) is 0 Å². The molecular weight excluding hydrogens is 326 g/mol. The third-order valence-corrected chi connectivity index (χ3v) is 3.80. The van der Waals surface area contributed by atoms with Crippen molar-refractivity contribution in [3.8, 4) is 0 Å². The number of quaternary nitrogens is 1. The highest BCUT2D eigenvalue weighted by molar-refractivity contribution is 9.10. The second-order valence-electron chi connectivity index (χ2n) is 4.59. The summed E-state index contributed by atoms with van der Waals surface area (Å²) < 4.78 is 4.43. The van der Waals surface area contributed by atoms with Crippen LogP contribution in [0.25, 0.3) is 0 Å². The van der Waals surface area contributed by atoms with Crippen molar-refractivity contribution in [3.05, 3.63) is 44.7 Å². The van der Waals surface area contributed by atoms with Crippen molar-refractivity contribution in [1.82, 2.24) is 4.65 Å². The van der Waals surface area contributed by atoms with E-state index in [1.807, 2.05) is 0 Å². The quantitative estimate of drug-likeness (QED) is 0.359. The van der Waals surface area contributed by atoms with Crippen molar-refractivity contribution < 1.29 is 14.3 Å². The number of ether oxygens (including phenoxy) is 1. The number of carbonyl (C=O) groups is 2. The number of methoxy groups -OCH3 is 1. The minimum absolute atomic E-state index is 0.184. The molecule has 0 fully saturated rings. The molecule has 20 heavy (non-hydrogen) atoms. The summed E-state index contributed by atoms with van der Waals surface area (Å²) in [5.74, 6) is -1.26. The molecule has 0 saturated carbocycles. The van der Waals surface area contributed by atoms with Gasteiger partial charge in [0.15, 0.2) is 11.3 Å². The summed E-state index contributed by atoms with van der Waals surface area (Å²) in [4.78, 5) is 24.1. The van der Waals surface area contributed by atoms with E-state index in [2.05, 4.69) is 20.7 Å². The zero-order valence-electron chi connectivity index (χ0n) is 11.4. The van der Waals surface area contributed by atoms with Crippen LogP contribution in [0.1, 0.15) is 22.8 Å². The highest BCUT2D eigenvalue weighted by Gasteiger charge is 2.38. The summed E-state index contributed by atoms with van der Waals surface area (Å²) in [7, 11) is 1.18. The number of hydrogen-bond donors (Lipinski definition) is 0. The van der Waals surface area contributed by atoms with Crippen LogP contribution in [0.4, 0.5) is 5.69 Å². The predicted molar refractivity (Wildman–Crippen MR) is 79.0 cm³/mol. The van der Waals surface area contributed by atoms with Crippen molar-refractivity contribution in [2.75, 3.05) is 13.7 Å². The number of hydrogen-bond acceptors (Lipinski definition) is 4. The number of hydroxylamine groups is 2. The molecule has 0 amide bonds. The summed E-state index contributed by atoms with van der Waals surface area (Å²) >= 11 is 3.31. The zero-order valence-corrected chi connectivity index (χ0v) is 13.0. The maximum absolute atomic E-state index is 12.9. The van der Waals surface area contributed by atoms with Crippen molar-refractivity contribution in [2.45, 2.75) is 13.8 Å². The Hall–Kier alpha value is -1.50. The first-order chi connectivity index (χ1) is 9.34. The van der Waals surface area contributed by atoms with Gasteiger partial charge in [0.2, 0.25) is 5.78 Å².